The van der Waals surface area contributed by atoms with Crippen molar-refractivity contribution in [2.45, 2.75) is 84.0 Å². The quantitative estimate of drug-likeness (QED) is 0.610. The van der Waals surface area contributed by atoms with E-state index in [-0.39, 0.29) is 24.0 Å². The third-order valence-corrected chi connectivity index (χ3v) is 5.34. The van der Waals surface area contributed by atoms with E-state index >= 15 is 0 Å². The molecule has 0 radical (unpaired) electrons. The molecule has 0 spiro atoms. The van der Waals surface area contributed by atoms with E-state index in [1.807, 2.05) is 39.8 Å². The van der Waals surface area contributed by atoms with Crippen LogP contribution >= 0.6 is 0 Å². The Kier molecular flexibility index (Phi) is 10.4. The Morgan fingerprint density at radius 1 is 1.21 bits per heavy atom. The number of carbonyl (C=O) groups is 2. The van der Waals surface area contributed by atoms with Gasteiger partial charge in [0.2, 0.25) is 0 Å². The Bertz CT molecular complexity index is 827. The number of ether oxygens (including phenoxy) is 3. The van der Waals surface area contributed by atoms with Crippen molar-refractivity contribution in [2.24, 2.45) is 0 Å². The van der Waals surface area contributed by atoms with Gasteiger partial charge in [-0.1, -0.05) is 12.2 Å². The summed E-state index contributed by atoms with van der Waals surface area (Å²) in [6.07, 6.45) is 6.68. The summed E-state index contributed by atoms with van der Waals surface area (Å²) in [4.78, 5) is 25.0. The molecule has 1 aromatic rings. The lowest BCUT2D eigenvalue weighted by molar-refractivity contribution is -0.119. The number of hydrogen-bond acceptors (Lipinski definition) is 7. The van der Waals surface area contributed by atoms with Gasteiger partial charge < -0.3 is 24.6 Å². The van der Waals surface area contributed by atoms with Gasteiger partial charge in [-0.05, 0) is 65.0 Å². The fraction of sp³-hybridized carbons (Fsp3) is 0.615. The van der Waals surface area contributed by atoms with Crippen LogP contribution in [0, 0.1) is 0 Å². The number of methoxy groups -OCH3 is 1. The number of benzene rings is 1. The van der Waals surface area contributed by atoms with E-state index in [0.717, 1.165) is 12.8 Å². The highest BCUT2D eigenvalue weighted by atomic mass is 16.5. The molecule has 2 rings (SSSR count). The molecular formula is C26H39NO6. The average molecular weight is 462 g/mol. The first-order valence-corrected chi connectivity index (χ1v) is 11.8. The SMILES string of the molecule is COc1cc(OCC(O)CNC(C)(C)C)cc2c1C(=O)OC(C)CCCC(=O)CCCC=C2. The lowest BCUT2D eigenvalue weighted by Crippen LogP contribution is -2.42. The van der Waals surface area contributed by atoms with Crippen molar-refractivity contribution in [1.82, 2.24) is 5.32 Å². The molecule has 0 amide bonds. The maximum Gasteiger partial charge on any atom is 0.342 e. The van der Waals surface area contributed by atoms with Crippen LogP contribution in [0.4, 0.5) is 0 Å². The topological polar surface area (TPSA) is 94.1 Å². The van der Waals surface area contributed by atoms with Gasteiger partial charge in [-0.2, -0.15) is 0 Å². The fourth-order valence-electron chi connectivity index (χ4n) is 3.52. The molecule has 1 aliphatic heterocycles. The zero-order chi connectivity index (χ0) is 24.4. The number of aliphatic hydroxyl groups excluding tert-OH is 1. The van der Waals surface area contributed by atoms with Crippen LogP contribution in [0.5, 0.6) is 11.5 Å². The summed E-state index contributed by atoms with van der Waals surface area (Å²) in [6, 6.07) is 3.39. The highest BCUT2D eigenvalue weighted by molar-refractivity contribution is 5.97. The van der Waals surface area contributed by atoms with E-state index in [1.165, 1.54) is 7.11 Å². The summed E-state index contributed by atoms with van der Waals surface area (Å²) in [5, 5.41) is 13.5. The van der Waals surface area contributed by atoms with E-state index < -0.39 is 12.1 Å². The second-order valence-corrected chi connectivity index (χ2v) is 9.63. The molecule has 2 atom stereocenters. The van der Waals surface area contributed by atoms with Gasteiger partial charge in [-0.15, -0.1) is 0 Å². The summed E-state index contributed by atoms with van der Waals surface area (Å²) in [7, 11) is 1.50. The number of Topliss-reactive ketones (excluding diaryl/α,β-unsaturated/α-hetero) is 1. The minimum atomic E-state index is -0.692. The molecule has 2 unspecified atom stereocenters. The molecule has 1 heterocycles. The molecule has 0 aliphatic carbocycles. The molecule has 33 heavy (non-hydrogen) atoms. The second-order valence-electron chi connectivity index (χ2n) is 9.63. The number of ketones is 1. The summed E-state index contributed by atoms with van der Waals surface area (Å²) in [5.74, 6) is 0.621. The molecule has 0 aromatic heterocycles. The Hall–Kier alpha value is -2.38. The monoisotopic (exact) mass is 461 g/mol. The first-order valence-electron chi connectivity index (χ1n) is 11.8. The standard InChI is InChI=1S/C26H39NO6/c1-18-10-9-13-20(28)12-8-6-7-11-19-14-22(15-23(31-5)24(19)25(30)33-18)32-17-21(29)16-27-26(2,3)4/h7,11,14-15,18,21,27,29H,6,8-10,12-13,16-17H2,1-5H3. The third-order valence-electron chi connectivity index (χ3n) is 5.34. The maximum atomic E-state index is 13.0. The molecule has 1 aliphatic rings. The number of nitrogens with one attached hydrogen (secondary N) is 1. The predicted molar refractivity (Wildman–Crippen MR) is 129 cm³/mol. The van der Waals surface area contributed by atoms with E-state index in [1.54, 1.807) is 12.1 Å². The second kappa shape index (κ2) is 12.8. The van der Waals surface area contributed by atoms with Crippen LogP contribution in [0.15, 0.2) is 18.2 Å². The molecule has 0 saturated heterocycles. The van der Waals surface area contributed by atoms with E-state index in [0.29, 0.717) is 54.9 Å². The average Bonchev–Trinajstić information content (AvgIpc) is 2.74. The Morgan fingerprint density at radius 3 is 2.64 bits per heavy atom. The van der Waals surface area contributed by atoms with Gasteiger partial charge in [0, 0.05) is 31.0 Å². The highest BCUT2D eigenvalue weighted by Gasteiger charge is 2.22. The molecule has 1 aromatic carbocycles. The lowest BCUT2D eigenvalue weighted by Gasteiger charge is -2.23. The molecule has 184 valence electrons. The zero-order valence-corrected chi connectivity index (χ0v) is 20.6. The van der Waals surface area contributed by atoms with Crippen molar-refractivity contribution in [1.29, 1.82) is 0 Å². The number of aliphatic hydroxyl groups is 1. The molecule has 7 heteroatoms. The molecule has 0 fully saturated rings. The summed E-state index contributed by atoms with van der Waals surface area (Å²) >= 11 is 0. The van der Waals surface area contributed by atoms with Gasteiger partial charge >= 0.3 is 5.97 Å². The van der Waals surface area contributed by atoms with Gasteiger partial charge in [0.25, 0.3) is 0 Å². The molecule has 0 saturated carbocycles. The normalized spacial score (nSPS) is 19.3. The van der Waals surface area contributed by atoms with E-state index in [4.69, 9.17) is 14.2 Å². The number of esters is 1. The highest BCUT2D eigenvalue weighted by Crippen LogP contribution is 2.31. The summed E-state index contributed by atoms with van der Waals surface area (Å²) in [5.41, 5.74) is 0.857. The Labute approximate surface area is 197 Å². The third kappa shape index (κ3) is 9.56. The minimum absolute atomic E-state index is 0.0956. The van der Waals surface area contributed by atoms with Crippen LogP contribution in [-0.4, -0.2) is 54.9 Å². The van der Waals surface area contributed by atoms with Crippen LogP contribution in [-0.2, 0) is 9.53 Å². The summed E-state index contributed by atoms with van der Waals surface area (Å²) in [6.45, 7) is 8.41. The van der Waals surface area contributed by atoms with Gasteiger partial charge in [0.05, 0.1) is 13.2 Å². The van der Waals surface area contributed by atoms with Crippen LogP contribution in [0.1, 0.15) is 82.1 Å². The number of fused-ring (bicyclic) bond motifs is 1. The van der Waals surface area contributed by atoms with Crippen molar-refractivity contribution in [3.8, 4) is 11.5 Å². The smallest absolute Gasteiger partial charge is 0.342 e. The van der Waals surface area contributed by atoms with Crippen molar-refractivity contribution in [2.75, 3.05) is 20.3 Å². The van der Waals surface area contributed by atoms with Crippen molar-refractivity contribution in [3.63, 3.8) is 0 Å². The van der Waals surface area contributed by atoms with Gasteiger partial charge in [-0.3, -0.25) is 4.79 Å². The van der Waals surface area contributed by atoms with Crippen molar-refractivity contribution in [3.05, 3.63) is 29.3 Å². The van der Waals surface area contributed by atoms with Gasteiger partial charge in [-0.25, -0.2) is 4.79 Å². The maximum absolute atomic E-state index is 13.0. The van der Waals surface area contributed by atoms with Crippen LogP contribution in [0.25, 0.3) is 6.08 Å². The lowest BCUT2D eigenvalue weighted by atomic mass is 10.0. The number of carbonyl (C=O) groups excluding carboxylic acids is 2. The Balaban J connectivity index is 2.25. The molecule has 7 nitrogen and oxygen atoms in total. The van der Waals surface area contributed by atoms with Crippen molar-refractivity contribution < 1.29 is 28.9 Å². The Morgan fingerprint density at radius 2 is 1.94 bits per heavy atom. The molecular weight excluding hydrogens is 422 g/mol. The number of hydrogen-bond donors (Lipinski definition) is 2. The largest absolute Gasteiger partial charge is 0.496 e. The number of cyclic esters (lactones) is 1. The van der Waals surface area contributed by atoms with E-state index in [9.17, 15) is 14.7 Å². The summed E-state index contributed by atoms with van der Waals surface area (Å²) < 4.78 is 17.0. The first kappa shape index (κ1) is 26.9. The number of allylic oxidation sites excluding steroid dienone is 1. The number of rotatable bonds is 6. The first-order chi connectivity index (χ1) is 15.6. The van der Waals surface area contributed by atoms with Crippen LogP contribution < -0.4 is 14.8 Å². The fourth-order valence-corrected chi connectivity index (χ4v) is 3.52. The van der Waals surface area contributed by atoms with Crippen LogP contribution in [0.3, 0.4) is 0 Å². The van der Waals surface area contributed by atoms with Crippen LogP contribution in [0.2, 0.25) is 0 Å². The zero-order valence-electron chi connectivity index (χ0n) is 20.6. The predicted octanol–water partition coefficient (Wildman–Crippen LogP) is 4.30. The van der Waals surface area contributed by atoms with Gasteiger partial charge in [0.15, 0.2) is 0 Å². The molecule has 0 bridgehead atoms. The minimum Gasteiger partial charge on any atom is -0.496 e. The number of β-amino-alcohol motifs (C(OH)–C–C–N with tert-alkyl or cyclic N) is 1. The van der Waals surface area contributed by atoms with Gasteiger partial charge in [0.1, 0.15) is 35.6 Å². The van der Waals surface area contributed by atoms with E-state index in [2.05, 4.69) is 5.32 Å². The van der Waals surface area contributed by atoms with Crippen molar-refractivity contribution >= 4 is 17.8 Å². The molecule has 2 N–H and O–H groups in total.